The molecule has 2 nitrogen and oxygen atoms in total. The monoisotopic (exact) mass is 316 g/mol. The third-order valence-corrected chi connectivity index (χ3v) is 3.06. The fraction of sp³-hybridized carbons (Fsp3) is 0. The van der Waals surface area contributed by atoms with Crippen molar-refractivity contribution >= 4 is 28.9 Å². The van der Waals surface area contributed by atoms with Crippen molar-refractivity contribution in [2.45, 2.75) is 0 Å². The van der Waals surface area contributed by atoms with Crippen LogP contribution in [0.5, 0.6) is 0 Å². The summed E-state index contributed by atoms with van der Waals surface area (Å²) in [6, 6.07) is 7.95. The maximum Gasteiger partial charge on any atom is 0.185 e. The van der Waals surface area contributed by atoms with E-state index in [9.17, 15) is 9.18 Å². The number of carbonyl (C=O) groups is 1. The molecule has 0 N–H and O–H groups in total. The molecule has 4 heteroatoms. The fourth-order valence-corrected chi connectivity index (χ4v) is 1.88. The van der Waals surface area contributed by atoms with Gasteiger partial charge < -0.3 is 4.42 Å². The lowest BCUT2D eigenvalue weighted by Crippen LogP contribution is -1.85. The highest BCUT2D eigenvalue weighted by Gasteiger charge is 2.10. The first-order chi connectivity index (χ1) is 7.22. The molecule has 0 radical (unpaired) electrons. The number of furan rings is 1. The van der Waals surface area contributed by atoms with E-state index in [1.807, 2.05) is 22.6 Å². The molecule has 2 rings (SSSR count). The number of carbonyl (C=O) groups excluding carboxylic acids is 1. The summed E-state index contributed by atoms with van der Waals surface area (Å²) in [5, 5.41) is 0. The molecule has 0 saturated carbocycles. The molecule has 0 bridgehead atoms. The van der Waals surface area contributed by atoms with Crippen LogP contribution in [0.2, 0.25) is 0 Å². The third-order valence-electron chi connectivity index (χ3n) is 1.96. The number of halogens is 2. The summed E-state index contributed by atoms with van der Waals surface area (Å²) in [4.78, 5) is 10.4. The lowest BCUT2D eigenvalue weighted by atomic mass is 10.2. The highest BCUT2D eigenvalue weighted by molar-refractivity contribution is 14.1. The van der Waals surface area contributed by atoms with Crippen molar-refractivity contribution in [2.75, 3.05) is 0 Å². The van der Waals surface area contributed by atoms with Gasteiger partial charge in [-0.1, -0.05) is 6.07 Å². The minimum Gasteiger partial charge on any atom is -0.453 e. The summed E-state index contributed by atoms with van der Waals surface area (Å²) in [5.74, 6) is 0.447. The van der Waals surface area contributed by atoms with Gasteiger partial charge >= 0.3 is 0 Å². The zero-order valence-electron chi connectivity index (χ0n) is 7.54. The second-order valence-electron chi connectivity index (χ2n) is 2.92. The number of benzene rings is 1. The summed E-state index contributed by atoms with van der Waals surface area (Å²) in [6.45, 7) is 0. The fourth-order valence-electron chi connectivity index (χ4n) is 1.26. The smallest absolute Gasteiger partial charge is 0.185 e. The average molecular weight is 316 g/mol. The second-order valence-corrected chi connectivity index (χ2v) is 4.00. The molecule has 1 heterocycles. The molecule has 0 aliphatic rings. The van der Waals surface area contributed by atoms with Gasteiger partial charge in [-0.25, -0.2) is 4.39 Å². The van der Waals surface area contributed by atoms with Gasteiger partial charge in [-0.15, -0.1) is 0 Å². The predicted molar refractivity (Wildman–Crippen MR) is 62.2 cm³/mol. The predicted octanol–water partition coefficient (Wildman–Crippen LogP) is 3.50. The standard InChI is InChI=1S/C11H6FIO2/c12-9-3-1-2-8(11(9)13)10-5-4-7(6-14)15-10/h1-6H. The maximum absolute atomic E-state index is 13.2. The van der Waals surface area contributed by atoms with Gasteiger partial charge in [-0.05, 0) is 46.9 Å². The van der Waals surface area contributed by atoms with Crippen molar-refractivity contribution in [2.24, 2.45) is 0 Å². The molecule has 0 aliphatic carbocycles. The van der Waals surface area contributed by atoms with Crippen molar-refractivity contribution in [1.82, 2.24) is 0 Å². The lowest BCUT2D eigenvalue weighted by Gasteiger charge is -2.01. The van der Waals surface area contributed by atoms with E-state index in [2.05, 4.69) is 0 Å². The zero-order chi connectivity index (χ0) is 10.8. The Bertz CT molecular complexity index is 505. The molecule has 2 aromatic rings. The SMILES string of the molecule is O=Cc1ccc(-c2cccc(F)c2I)o1. The Morgan fingerprint density at radius 2 is 2.07 bits per heavy atom. The van der Waals surface area contributed by atoms with Crippen molar-refractivity contribution in [1.29, 1.82) is 0 Å². The van der Waals surface area contributed by atoms with Crippen LogP contribution in [-0.2, 0) is 0 Å². The molecule has 0 aliphatic heterocycles. The largest absolute Gasteiger partial charge is 0.453 e. The van der Waals surface area contributed by atoms with Crippen LogP contribution < -0.4 is 0 Å². The van der Waals surface area contributed by atoms with Crippen molar-refractivity contribution in [3.05, 3.63) is 45.5 Å². The van der Waals surface area contributed by atoms with E-state index >= 15 is 0 Å². The summed E-state index contributed by atoms with van der Waals surface area (Å²) in [7, 11) is 0. The van der Waals surface area contributed by atoms with Gasteiger partial charge in [0, 0.05) is 5.56 Å². The zero-order valence-corrected chi connectivity index (χ0v) is 9.69. The maximum atomic E-state index is 13.2. The van der Waals surface area contributed by atoms with E-state index in [1.165, 1.54) is 6.07 Å². The normalized spacial score (nSPS) is 10.3. The minimum atomic E-state index is -0.294. The highest BCUT2D eigenvalue weighted by atomic mass is 127. The van der Waals surface area contributed by atoms with Crippen LogP contribution in [0.15, 0.2) is 34.7 Å². The van der Waals surface area contributed by atoms with Gasteiger partial charge in [0.1, 0.15) is 11.6 Å². The Morgan fingerprint density at radius 1 is 1.27 bits per heavy atom. The third kappa shape index (κ3) is 1.94. The number of hydrogen-bond donors (Lipinski definition) is 0. The van der Waals surface area contributed by atoms with Gasteiger partial charge in [0.25, 0.3) is 0 Å². The molecule has 1 aromatic carbocycles. The van der Waals surface area contributed by atoms with Crippen molar-refractivity contribution < 1.29 is 13.6 Å². The molecule has 15 heavy (non-hydrogen) atoms. The van der Waals surface area contributed by atoms with E-state index in [-0.39, 0.29) is 11.6 Å². The number of hydrogen-bond acceptors (Lipinski definition) is 2. The van der Waals surface area contributed by atoms with Crippen molar-refractivity contribution in [3.8, 4) is 11.3 Å². The van der Waals surface area contributed by atoms with E-state index in [1.54, 1.807) is 24.3 Å². The van der Waals surface area contributed by atoms with Gasteiger partial charge in [0.05, 0.1) is 3.57 Å². The average Bonchev–Trinajstić information content (AvgIpc) is 2.70. The highest BCUT2D eigenvalue weighted by Crippen LogP contribution is 2.28. The van der Waals surface area contributed by atoms with Crippen LogP contribution in [0, 0.1) is 9.39 Å². The molecule has 0 spiro atoms. The van der Waals surface area contributed by atoms with E-state index < -0.39 is 0 Å². The van der Waals surface area contributed by atoms with Crippen LogP contribution in [-0.4, -0.2) is 6.29 Å². The number of aldehydes is 1. The van der Waals surface area contributed by atoms with Crippen LogP contribution in [0.4, 0.5) is 4.39 Å². The quantitative estimate of drug-likeness (QED) is 0.627. The van der Waals surface area contributed by atoms with Gasteiger partial charge in [0.2, 0.25) is 0 Å². The molecule has 0 saturated heterocycles. The Labute approximate surface area is 99.2 Å². The summed E-state index contributed by atoms with van der Waals surface area (Å²) in [6.07, 6.45) is 0.621. The summed E-state index contributed by atoms with van der Waals surface area (Å²) in [5.41, 5.74) is 0.656. The van der Waals surface area contributed by atoms with E-state index in [4.69, 9.17) is 4.42 Å². The van der Waals surface area contributed by atoms with Crippen molar-refractivity contribution in [3.63, 3.8) is 0 Å². The minimum absolute atomic E-state index is 0.241. The molecule has 1 aromatic heterocycles. The molecule has 0 atom stereocenters. The lowest BCUT2D eigenvalue weighted by molar-refractivity contribution is 0.110. The van der Waals surface area contributed by atoms with Crippen LogP contribution >= 0.6 is 22.6 Å². The first kappa shape index (κ1) is 10.4. The van der Waals surface area contributed by atoms with Gasteiger partial charge in [0.15, 0.2) is 12.0 Å². The van der Waals surface area contributed by atoms with Crippen LogP contribution in [0.3, 0.4) is 0 Å². The Hall–Kier alpha value is -1.17. The molecule has 0 fully saturated rings. The molecule has 0 unspecified atom stereocenters. The molecule has 76 valence electrons. The Morgan fingerprint density at radius 3 is 2.73 bits per heavy atom. The second kappa shape index (κ2) is 4.14. The molecule has 0 amide bonds. The van der Waals surface area contributed by atoms with E-state index in [0.29, 0.717) is 21.2 Å². The van der Waals surface area contributed by atoms with Gasteiger partial charge in [-0.2, -0.15) is 0 Å². The Balaban J connectivity index is 2.53. The van der Waals surface area contributed by atoms with E-state index in [0.717, 1.165) is 0 Å². The summed E-state index contributed by atoms with van der Waals surface area (Å²) < 4.78 is 18.9. The molecular formula is C11H6FIO2. The molecular weight excluding hydrogens is 310 g/mol. The Kier molecular flexibility index (Phi) is 2.86. The van der Waals surface area contributed by atoms with Crippen LogP contribution in [0.1, 0.15) is 10.6 Å². The van der Waals surface area contributed by atoms with Crippen LogP contribution in [0.25, 0.3) is 11.3 Å². The number of rotatable bonds is 2. The topological polar surface area (TPSA) is 30.2 Å². The first-order valence-corrected chi connectivity index (χ1v) is 5.29. The first-order valence-electron chi connectivity index (χ1n) is 4.22. The van der Waals surface area contributed by atoms with Gasteiger partial charge in [-0.3, -0.25) is 4.79 Å². The summed E-state index contributed by atoms with van der Waals surface area (Å²) >= 11 is 1.91.